The van der Waals surface area contributed by atoms with Crippen molar-refractivity contribution in [2.75, 3.05) is 19.7 Å². The first kappa shape index (κ1) is 16.3. The van der Waals surface area contributed by atoms with Crippen molar-refractivity contribution in [3.63, 3.8) is 0 Å². The number of carbonyl (C=O) groups excluding carboxylic acids is 2. The monoisotopic (exact) mass is 286 g/mol. The number of aliphatic carboxylic acids is 1. The molecule has 0 saturated carbocycles. The number of esters is 1. The maximum atomic E-state index is 12.0. The Kier molecular flexibility index (Phi) is 6.83. The maximum absolute atomic E-state index is 12.0. The Labute approximate surface area is 118 Å². The Bertz CT molecular complexity index is 359. The topological polar surface area (TPSA) is 95.9 Å². The van der Waals surface area contributed by atoms with E-state index in [0.29, 0.717) is 19.6 Å². The summed E-state index contributed by atoms with van der Waals surface area (Å²) in [4.78, 5) is 35.5. The third-order valence-electron chi connectivity index (χ3n) is 3.21. The van der Waals surface area contributed by atoms with Crippen LogP contribution in [0.1, 0.15) is 39.0 Å². The summed E-state index contributed by atoms with van der Waals surface area (Å²) in [6.07, 6.45) is 2.60. The number of ether oxygens (including phenoxy) is 1. The average molecular weight is 286 g/mol. The summed E-state index contributed by atoms with van der Waals surface area (Å²) in [5.74, 6) is -1.25. The molecule has 1 unspecified atom stereocenters. The second-order valence-corrected chi connectivity index (χ2v) is 4.73. The number of carbonyl (C=O) groups is 3. The number of rotatable bonds is 6. The SMILES string of the molecule is CCOC(=O)CCNC(=O)N1CCCCC1CC(=O)O. The van der Waals surface area contributed by atoms with Crippen LogP contribution in [0.2, 0.25) is 0 Å². The lowest BCUT2D eigenvalue weighted by atomic mass is 10.00. The molecule has 0 aliphatic carbocycles. The fourth-order valence-corrected chi connectivity index (χ4v) is 2.29. The van der Waals surface area contributed by atoms with Crippen LogP contribution in [0, 0.1) is 0 Å². The van der Waals surface area contributed by atoms with Gasteiger partial charge in [0, 0.05) is 19.1 Å². The van der Waals surface area contributed by atoms with E-state index in [1.54, 1.807) is 11.8 Å². The lowest BCUT2D eigenvalue weighted by Crippen LogP contribution is -2.49. The first-order valence-electron chi connectivity index (χ1n) is 6.96. The van der Waals surface area contributed by atoms with E-state index in [4.69, 9.17) is 9.84 Å². The van der Waals surface area contributed by atoms with Gasteiger partial charge in [-0.15, -0.1) is 0 Å². The molecule has 114 valence electrons. The predicted octanol–water partition coefficient (Wildman–Crippen LogP) is 0.978. The van der Waals surface area contributed by atoms with Crippen molar-refractivity contribution in [1.29, 1.82) is 0 Å². The highest BCUT2D eigenvalue weighted by Gasteiger charge is 2.28. The molecular formula is C13H22N2O5. The quantitative estimate of drug-likeness (QED) is 0.709. The molecule has 1 fully saturated rings. The normalized spacial score (nSPS) is 18.4. The third-order valence-corrected chi connectivity index (χ3v) is 3.21. The number of hydrogen-bond donors (Lipinski definition) is 2. The summed E-state index contributed by atoms with van der Waals surface area (Å²) in [6, 6.07) is -0.566. The van der Waals surface area contributed by atoms with E-state index in [0.717, 1.165) is 12.8 Å². The highest BCUT2D eigenvalue weighted by molar-refractivity contribution is 5.77. The first-order chi connectivity index (χ1) is 9.54. The van der Waals surface area contributed by atoms with E-state index >= 15 is 0 Å². The molecule has 2 N–H and O–H groups in total. The van der Waals surface area contributed by atoms with Crippen LogP contribution in [0.4, 0.5) is 4.79 Å². The Morgan fingerprint density at radius 1 is 1.35 bits per heavy atom. The zero-order valence-corrected chi connectivity index (χ0v) is 11.8. The molecule has 0 spiro atoms. The zero-order valence-electron chi connectivity index (χ0n) is 11.8. The number of urea groups is 1. The van der Waals surface area contributed by atoms with Crippen LogP contribution in [0.5, 0.6) is 0 Å². The van der Waals surface area contributed by atoms with Crippen LogP contribution in [0.25, 0.3) is 0 Å². The van der Waals surface area contributed by atoms with E-state index in [1.807, 2.05) is 0 Å². The van der Waals surface area contributed by atoms with Crippen LogP contribution in [0.3, 0.4) is 0 Å². The van der Waals surface area contributed by atoms with Gasteiger partial charge in [0.15, 0.2) is 0 Å². The molecule has 1 aliphatic rings. The van der Waals surface area contributed by atoms with E-state index in [9.17, 15) is 14.4 Å². The number of nitrogens with zero attached hydrogens (tertiary/aromatic N) is 1. The summed E-state index contributed by atoms with van der Waals surface area (Å²) in [7, 11) is 0. The van der Waals surface area contributed by atoms with Crippen molar-refractivity contribution < 1.29 is 24.2 Å². The molecule has 7 nitrogen and oxygen atoms in total. The molecule has 0 aromatic carbocycles. The highest BCUT2D eigenvalue weighted by atomic mass is 16.5. The molecule has 1 saturated heterocycles. The highest BCUT2D eigenvalue weighted by Crippen LogP contribution is 2.19. The second-order valence-electron chi connectivity index (χ2n) is 4.73. The van der Waals surface area contributed by atoms with Gasteiger partial charge in [-0.25, -0.2) is 4.79 Å². The van der Waals surface area contributed by atoms with E-state index in [2.05, 4.69) is 5.32 Å². The molecule has 2 amide bonds. The van der Waals surface area contributed by atoms with Crippen molar-refractivity contribution in [2.24, 2.45) is 0 Å². The van der Waals surface area contributed by atoms with Gasteiger partial charge in [-0.2, -0.15) is 0 Å². The maximum Gasteiger partial charge on any atom is 0.317 e. The average Bonchev–Trinajstić information content (AvgIpc) is 2.38. The largest absolute Gasteiger partial charge is 0.481 e. The molecular weight excluding hydrogens is 264 g/mol. The molecule has 0 aromatic rings. The smallest absolute Gasteiger partial charge is 0.317 e. The summed E-state index contributed by atoms with van der Waals surface area (Å²) < 4.78 is 4.76. The van der Waals surface area contributed by atoms with Gasteiger partial charge in [-0.3, -0.25) is 9.59 Å². The third kappa shape index (κ3) is 5.46. The van der Waals surface area contributed by atoms with Crippen LogP contribution >= 0.6 is 0 Å². The van der Waals surface area contributed by atoms with Crippen molar-refractivity contribution in [1.82, 2.24) is 10.2 Å². The van der Waals surface area contributed by atoms with Crippen molar-refractivity contribution in [3.8, 4) is 0 Å². The number of nitrogens with one attached hydrogen (secondary N) is 1. The van der Waals surface area contributed by atoms with E-state index in [1.165, 1.54) is 0 Å². The molecule has 20 heavy (non-hydrogen) atoms. The summed E-state index contributed by atoms with van der Waals surface area (Å²) in [5, 5.41) is 11.5. The minimum Gasteiger partial charge on any atom is -0.481 e. The van der Waals surface area contributed by atoms with Crippen molar-refractivity contribution in [3.05, 3.63) is 0 Å². The van der Waals surface area contributed by atoms with Gasteiger partial charge in [0.1, 0.15) is 0 Å². The molecule has 1 atom stereocenters. The summed E-state index contributed by atoms with van der Waals surface area (Å²) in [6.45, 7) is 2.80. The van der Waals surface area contributed by atoms with Gasteiger partial charge in [0.2, 0.25) is 0 Å². The standard InChI is InChI=1S/C13H22N2O5/c1-2-20-12(18)6-7-14-13(19)15-8-4-3-5-10(15)9-11(16)17/h10H,2-9H2,1H3,(H,14,19)(H,16,17). The van der Waals surface area contributed by atoms with E-state index in [-0.39, 0.29) is 37.4 Å². The van der Waals surface area contributed by atoms with Gasteiger partial charge >= 0.3 is 18.0 Å². The number of carboxylic acid groups (broad SMARTS) is 1. The first-order valence-corrected chi connectivity index (χ1v) is 6.96. The lowest BCUT2D eigenvalue weighted by Gasteiger charge is -2.34. The molecule has 7 heteroatoms. The van der Waals surface area contributed by atoms with E-state index < -0.39 is 5.97 Å². The molecule has 0 bridgehead atoms. The fraction of sp³-hybridized carbons (Fsp3) is 0.769. The number of hydrogen-bond acceptors (Lipinski definition) is 4. The number of amides is 2. The zero-order chi connectivity index (χ0) is 15.0. The molecule has 1 heterocycles. The van der Waals surface area contributed by atoms with Crippen LogP contribution in [-0.2, 0) is 14.3 Å². The molecule has 1 rings (SSSR count). The van der Waals surface area contributed by atoms with Gasteiger partial charge in [0.05, 0.1) is 19.4 Å². The summed E-state index contributed by atoms with van der Waals surface area (Å²) >= 11 is 0. The number of piperidine rings is 1. The number of carboxylic acids is 1. The van der Waals surface area contributed by atoms with Crippen molar-refractivity contribution >= 4 is 18.0 Å². The molecule has 0 aromatic heterocycles. The Morgan fingerprint density at radius 3 is 2.75 bits per heavy atom. The van der Waals surface area contributed by atoms with Crippen LogP contribution < -0.4 is 5.32 Å². The second kappa shape index (κ2) is 8.39. The van der Waals surface area contributed by atoms with Gasteiger partial charge in [-0.1, -0.05) is 0 Å². The van der Waals surface area contributed by atoms with Crippen molar-refractivity contribution in [2.45, 2.75) is 45.1 Å². The Hall–Kier alpha value is -1.79. The van der Waals surface area contributed by atoms with Gasteiger partial charge < -0.3 is 20.1 Å². The van der Waals surface area contributed by atoms with Gasteiger partial charge in [-0.05, 0) is 26.2 Å². The minimum atomic E-state index is -0.902. The molecule has 0 radical (unpaired) electrons. The Morgan fingerprint density at radius 2 is 2.10 bits per heavy atom. The van der Waals surface area contributed by atoms with Gasteiger partial charge in [0.25, 0.3) is 0 Å². The summed E-state index contributed by atoms with van der Waals surface area (Å²) in [5.41, 5.74) is 0. The molecule has 1 aliphatic heterocycles. The van der Waals surface area contributed by atoms with Crippen LogP contribution in [0.15, 0.2) is 0 Å². The van der Waals surface area contributed by atoms with Crippen LogP contribution in [-0.4, -0.2) is 53.7 Å². The number of likely N-dealkylation sites (tertiary alicyclic amines) is 1. The lowest BCUT2D eigenvalue weighted by molar-refractivity contribution is -0.143. The fourth-order valence-electron chi connectivity index (χ4n) is 2.29. The minimum absolute atomic E-state index is 0.0364. The predicted molar refractivity (Wildman–Crippen MR) is 71.2 cm³/mol. The Balaban J connectivity index is 2.39.